The van der Waals surface area contributed by atoms with Crippen molar-refractivity contribution in [1.82, 2.24) is 4.98 Å². The Hall–Kier alpha value is -5.01. The first kappa shape index (κ1) is 34.1. The van der Waals surface area contributed by atoms with Crippen LogP contribution in [-0.2, 0) is 23.6 Å². The van der Waals surface area contributed by atoms with Crippen molar-refractivity contribution >= 4 is 67.5 Å². The van der Waals surface area contributed by atoms with Gasteiger partial charge in [-0.05, 0) is 44.5 Å². The molecule has 1 aromatic heterocycles. The molecule has 0 amide bonds. The fourth-order valence-electron chi connectivity index (χ4n) is 6.94. The van der Waals surface area contributed by atoms with Crippen LogP contribution >= 0.6 is 12.1 Å². The monoisotopic (exact) mass is 739 g/mol. The minimum Gasteiger partial charge on any atom is -0.248 e. The number of rotatable bonds is 9. The normalized spacial score (nSPS) is 11.6. The summed E-state index contributed by atoms with van der Waals surface area (Å²) in [5.41, 5.74) is 6.07. The van der Waals surface area contributed by atoms with Crippen molar-refractivity contribution in [2.45, 2.75) is 0 Å². The van der Waals surface area contributed by atoms with E-state index in [-0.39, 0.29) is 0 Å². The quantitative estimate of drug-likeness (QED) is 0.137. The minimum atomic E-state index is -2.65. The highest BCUT2D eigenvalue weighted by Gasteiger charge is 2.34. The van der Waals surface area contributed by atoms with Gasteiger partial charge in [0.1, 0.15) is 0 Å². The van der Waals surface area contributed by atoms with E-state index in [4.69, 9.17) is 28.6 Å². The SMILES string of the molecule is S=P(c1ccccc1)(c1ccccc1)c1cccc(P(=S)(c2ccccc2)c2ccccc2)c1-c1cc(-c2ccccc2)nc(-c2ccccc2)c1. The zero-order valence-corrected chi connectivity index (χ0v) is 31.8. The predicted octanol–water partition coefficient (Wildman–Crippen LogP) is 9.59. The fraction of sp³-hybridized carbons (Fsp3) is 0. The summed E-state index contributed by atoms with van der Waals surface area (Å²) in [4.78, 5) is 5.28. The van der Waals surface area contributed by atoms with Gasteiger partial charge in [-0.2, -0.15) is 0 Å². The van der Waals surface area contributed by atoms with Crippen molar-refractivity contribution in [3.8, 4) is 33.6 Å². The van der Waals surface area contributed by atoms with E-state index in [1.165, 1.54) is 0 Å². The van der Waals surface area contributed by atoms with Gasteiger partial charge in [-0.1, -0.05) is 224 Å². The molecule has 250 valence electrons. The average Bonchev–Trinajstić information content (AvgIpc) is 3.24. The fourth-order valence-corrected chi connectivity index (χ4v) is 15.2. The number of pyridine rings is 1. The zero-order chi connectivity index (χ0) is 35.4. The molecule has 0 atom stereocenters. The van der Waals surface area contributed by atoms with Gasteiger partial charge in [0.05, 0.1) is 11.4 Å². The Morgan fingerprint density at radius 3 is 0.904 bits per heavy atom. The second kappa shape index (κ2) is 14.9. The zero-order valence-electron chi connectivity index (χ0n) is 28.4. The van der Waals surface area contributed by atoms with E-state index in [0.29, 0.717) is 0 Å². The highest BCUT2D eigenvalue weighted by molar-refractivity contribution is 8.26. The van der Waals surface area contributed by atoms with Gasteiger partial charge >= 0.3 is 0 Å². The van der Waals surface area contributed by atoms with Crippen LogP contribution in [0, 0.1) is 0 Å². The molecule has 52 heavy (non-hydrogen) atoms. The average molecular weight is 740 g/mol. The molecule has 0 bridgehead atoms. The summed E-state index contributed by atoms with van der Waals surface area (Å²) in [5, 5.41) is 6.82. The summed E-state index contributed by atoms with van der Waals surface area (Å²) in [7, 11) is 0. The molecule has 0 aliphatic rings. The van der Waals surface area contributed by atoms with E-state index < -0.39 is 12.1 Å². The Kier molecular flexibility index (Phi) is 9.78. The van der Waals surface area contributed by atoms with Crippen molar-refractivity contribution in [2.24, 2.45) is 0 Å². The highest BCUT2D eigenvalue weighted by Crippen LogP contribution is 2.51. The van der Waals surface area contributed by atoms with Gasteiger partial charge in [-0.25, -0.2) is 4.98 Å². The van der Waals surface area contributed by atoms with Crippen molar-refractivity contribution in [2.75, 3.05) is 0 Å². The number of hydrogen-bond donors (Lipinski definition) is 0. The molecular formula is C47H35NP2S2. The Morgan fingerprint density at radius 2 is 0.596 bits per heavy atom. The summed E-state index contributed by atoms with van der Waals surface area (Å²) >= 11 is 14.3. The van der Waals surface area contributed by atoms with Crippen LogP contribution < -0.4 is 31.8 Å². The molecular weight excluding hydrogens is 705 g/mol. The molecule has 1 heterocycles. The van der Waals surface area contributed by atoms with Gasteiger partial charge in [0, 0.05) is 33.8 Å². The van der Waals surface area contributed by atoms with Crippen molar-refractivity contribution in [1.29, 1.82) is 0 Å². The second-order valence-corrected chi connectivity index (χ2v) is 21.3. The summed E-state index contributed by atoms with van der Waals surface area (Å²) in [6, 6.07) is 69.5. The number of hydrogen-bond acceptors (Lipinski definition) is 3. The maximum Gasteiger partial charge on any atom is 0.0715 e. The van der Waals surface area contributed by atoms with Crippen LogP contribution in [0.25, 0.3) is 33.6 Å². The van der Waals surface area contributed by atoms with Gasteiger partial charge in [-0.3, -0.25) is 0 Å². The van der Waals surface area contributed by atoms with Crippen molar-refractivity contribution in [3.63, 3.8) is 0 Å². The molecule has 0 fully saturated rings. The molecule has 8 rings (SSSR count). The molecule has 1 nitrogen and oxygen atoms in total. The van der Waals surface area contributed by atoms with Crippen LogP contribution in [-0.4, -0.2) is 4.98 Å². The molecule has 8 aromatic rings. The van der Waals surface area contributed by atoms with Crippen LogP contribution in [0.15, 0.2) is 212 Å². The molecule has 0 saturated carbocycles. The van der Waals surface area contributed by atoms with E-state index in [9.17, 15) is 0 Å². The van der Waals surface area contributed by atoms with Gasteiger partial charge in [0.25, 0.3) is 0 Å². The van der Waals surface area contributed by atoms with Crippen molar-refractivity contribution < 1.29 is 0 Å². The summed E-state index contributed by atoms with van der Waals surface area (Å²) in [5.74, 6) is 0. The maximum absolute atomic E-state index is 7.13. The van der Waals surface area contributed by atoms with Crippen molar-refractivity contribution in [3.05, 3.63) is 212 Å². The van der Waals surface area contributed by atoms with E-state index in [1.54, 1.807) is 0 Å². The highest BCUT2D eigenvalue weighted by atomic mass is 32.4. The van der Waals surface area contributed by atoms with E-state index >= 15 is 0 Å². The molecule has 0 N–H and O–H groups in total. The molecule has 0 radical (unpaired) electrons. The third-order valence-corrected chi connectivity index (χ3v) is 19.3. The van der Waals surface area contributed by atoms with Gasteiger partial charge in [0.2, 0.25) is 0 Å². The lowest BCUT2D eigenvalue weighted by atomic mass is 10.00. The first-order valence-corrected chi connectivity index (χ1v) is 22.9. The number of benzene rings is 7. The van der Waals surface area contributed by atoms with Gasteiger partial charge in [0.15, 0.2) is 0 Å². The molecule has 0 unspecified atom stereocenters. The second-order valence-electron chi connectivity index (χ2n) is 12.6. The van der Waals surface area contributed by atoms with E-state index in [0.717, 1.165) is 65.5 Å². The number of aromatic nitrogens is 1. The Morgan fingerprint density at radius 1 is 0.308 bits per heavy atom. The Labute approximate surface area is 316 Å². The first-order chi connectivity index (χ1) is 25.6. The largest absolute Gasteiger partial charge is 0.248 e. The number of nitrogens with zero attached hydrogens (tertiary/aromatic N) is 1. The van der Waals surface area contributed by atoms with Crippen LogP contribution in [0.4, 0.5) is 0 Å². The van der Waals surface area contributed by atoms with Crippen LogP contribution in [0.2, 0.25) is 0 Å². The van der Waals surface area contributed by atoms with Crippen LogP contribution in [0.1, 0.15) is 0 Å². The maximum atomic E-state index is 7.13. The Balaban J connectivity index is 1.55. The smallest absolute Gasteiger partial charge is 0.0715 e. The third kappa shape index (κ3) is 6.36. The Bertz CT molecular complexity index is 2280. The lowest BCUT2D eigenvalue weighted by molar-refractivity contribution is 1.32. The van der Waals surface area contributed by atoms with Crippen LogP contribution in [0.3, 0.4) is 0 Å². The van der Waals surface area contributed by atoms with E-state index in [1.807, 2.05) is 12.1 Å². The molecule has 5 heteroatoms. The lowest BCUT2D eigenvalue weighted by Crippen LogP contribution is -2.33. The standard InChI is InChI=1S/C47H35NP2S2/c51-49(39-24-11-3-12-25-39,40-26-13-4-14-27-40)45-32-19-33-46(50(52,41-28-15-5-16-29-41)42-30-17-6-18-31-42)47(45)38-34-43(36-20-7-1-8-21-36)48-44(35-38)37-22-9-2-10-23-37/h1-35H. The van der Waals surface area contributed by atoms with Gasteiger partial charge in [-0.15, -0.1) is 0 Å². The summed E-state index contributed by atoms with van der Waals surface area (Å²) in [6.07, 6.45) is 0. The van der Waals surface area contributed by atoms with Crippen LogP contribution in [0.5, 0.6) is 0 Å². The third-order valence-electron chi connectivity index (χ3n) is 9.43. The molecule has 7 aromatic carbocycles. The van der Waals surface area contributed by atoms with Gasteiger partial charge < -0.3 is 0 Å². The minimum absolute atomic E-state index is 0.901. The molecule has 0 aliphatic carbocycles. The molecule has 0 aliphatic heterocycles. The topological polar surface area (TPSA) is 12.9 Å². The summed E-state index contributed by atoms with van der Waals surface area (Å²) in [6.45, 7) is 0. The molecule has 0 saturated heterocycles. The first-order valence-electron chi connectivity index (χ1n) is 17.3. The predicted molar refractivity (Wildman–Crippen MR) is 233 cm³/mol. The summed E-state index contributed by atoms with van der Waals surface area (Å²) < 4.78 is 0. The lowest BCUT2D eigenvalue weighted by Gasteiger charge is -2.32. The molecule has 0 spiro atoms. The van der Waals surface area contributed by atoms with E-state index in [2.05, 4.69) is 200 Å².